The number of aryl methyl sites for hydroxylation is 1. The van der Waals surface area contributed by atoms with Gasteiger partial charge in [0.2, 0.25) is 5.91 Å². The molecule has 1 aliphatic rings. The minimum Gasteiger partial charge on any atom is -0.456 e. The van der Waals surface area contributed by atoms with Gasteiger partial charge < -0.3 is 20.4 Å². The minimum atomic E-state index is -0.157. The van der Waals surface area contributed by atoms with Gasteiger partial charge >= 0.3 is 0 Å². The fraction of sp³-hybridized carbons (Fsp3) is 0.571. The van der Waals surface area contributed by atoms with Crippen LogP contribution in [0, 0.1) is 12.8 Å². The molecule has 21 heavy (non-hydrogen) atoms. The lowest BCUT2D eigenvalue weighted by Gasteiger charge is -2.31. The molecule has 1 atom stereocenters. The van der Waals surface area contributed by atoms with Crippen LogP contribution in [0.5, 0.6) is 0 Å². The van der Waals surface area contributed by atoms with Crippen molar-refractivity contribution in [1.29, 1.82) is 0 Å². The van der Waals surface area contributed by atoms with E-state index in [-0.39, 0.29) is 30.1 Å². The van der Waals surface area contributed by atoms with Gasteiger partial charge in [0.25, 0.3) is 5.91 Å². The highest BCUT2D eigenvalue weighted by Gasteiger charge is 2.29. The molecule has 1 unspecified atom stereocenters. The third kappa shape index (κ3) is 4.47. The minimum absolute atomic E-state index is 0. The number of carbonyl (C=O) groups is 2. The summed E-state index contributed by atoms with van der Waals surface area (Å²) in [5, 5.41) is 2.78. The molecule has 0 aromatic carbocycles. The van der Waals surface area contributed by atoms with E-state index in [0.29, 0.717) is 37.7 Å². The number of carbonyl (C=O) groups excluding carboxylic acids is 2. The maximum Gasteiger partial charge on any atom is 0.289 e. The molecule has 1 aliphatic heterocycles. The predicted molar refractivity (Wildman–Crippen MR) is 81.4 cm³/mol. The normalized spacial score (nSPS) is 18.0. The van der Waals surface area contributed by atoms with E-state index in [1.807, 2.05) is 0 Å². The number of halogens is 1. The maximum atomic E-state index is 12.3. The number of nitrogens with two attached hydrogens (primary N) is 1. The Morgan fingerprint density at radius 3 is 2.86 bits per heavy atom. The van der Waals surface area contributed by atoms with Crippen molar-refractivity contribution in [1.82, 2.24) is 10.2 Å². The fourth-order valence-corrected chi connectivity index (χ4v) is 2.42. The summed E-state index contributed by atoms with van der Waals surface area (Å²) in [6.07, 6.45) is 1.63. The molecule has 2 rings (SSSR count). The Balaban J connectivity index is 0.00000220. The second kappa shape index (κ2) is 8.05. The molecule has 0 bridgehead atoms. The molecule has 1 fully saturated rings. The number of nitrogens with zero attached hydrogens (tertiary/aromatic N) is 1. The Kier molecular flexibility index (Phi) is 6.71. The van der Waals surface area contributed by atoms with Gasteiger partial charge in [-0.25, -0.2) is 0 Å². The zero-order valence-corrected chi connectivity index (χ0v) is 12.9. The Hall–Kier alpha value is -1.53. The summed E-state index contributed by atoms with van der Waals surface area (Å²) in [6.45, 7) is 3.80. The first-order valence-corrected chi connectivity index (χ1v) is 6.95. The van der Waals surface area contributed by atoms with Gasteiger partial charge in [0.1, 0.15) is 5.76 Å². The Labute approximate surface area is 130 Å². The molecule has 7 heteroatoms. The average Bonchev–Trinajstić information content (AvgIpc) is 2.90. The number of likely N-dealkylation sites (tertiary alicyclic amines) is 1. The van der Waals surface area contributed by atoms with Crippen LogP contribution in [-0.4, -0.2) is 42.9 Å². The summed E-state index contributed by atoms with van der Waals surface area (Å²) in [7, 11) is 0. The second-order valence-electron chi connectivity index (χ2n) is 5.08. The predicted octanol–water partition coefficient (Wildman–Crippen LogP) is 0.937. The highest BCUT2D eigenvalue weighted by Crippen LogP contribution is 2.19. The van der Waals surface area contributed by atoms with E-state index in [2.05, 4.69) is 5.32 Å². The van der Waals surface area contributed by atoms with Crippen molar-refractivity contribution in [2.45, 2.75) is 19.8 Å². The van der Waals surface area contributed by atoms with Gasteiger partial charge in [-0.1, -0.05) is 0 Å². The number of nitrogens with one attached hydrogen (secondary N) is 1. The summed E-state index contributed by atoms with van der Waals surface area (Å²) >= 11 is 0. The zero-order valence-electron chi connectivity index (χ0n) is 12.1. The van der Waals surface area contributed by atoms with E-state index < -0.39 is 0 Å². The van der Waals surface area contributed by atoms with Crippen molar-refractivity contribution in [3.63, 3.8) is 0 Å². The fourth-order valence-electron chi connectivity index (χ4n) is 2.42. The molecule has 6 nitrogen and oxygen atoms in total. The molecule has 0 aliphatic carbocycles. The lowest BCUT2D eigenvalue weighted by molar-refractivity contribution is -0.126. The number of hydrogen-bond acceptors (Lipinski definition) is 4. The van der Waals surface area contributed by atoms with Gasteiger partial charge in [-0.2, -0.15) is 0 Å². The Bertz CT molecular complexity index is 490. The smallest absolute Gasteiger partial charge is 0.289 e. The third-order valence-electron chi connectivity index (χ3n) is 3.47. The van der Waals surface area contributed by atoms with Crippen LogP contribution in [-0.2, 0) is 4.79 Å². The summed E-state index contributed by atoms with van der Waals surface area (Å²) in [4.78, 5) is 25.9. The lowest BCUT2D eigenvalue weighted by atomic mass is 9.97. The highest BCUT2D eigenvalue weighted by molar-refractivity contribution is 5.92. The second-order valence-corrected chi connectivity index (χ2v) is 5.08. The Morgan fingerprint density at radius 1 is 1.48 bits per heavy atom. The van der Waals surface area contributed by atoms with Gasteiger partial charge in [0.15, 0.2) is 5.76 Å². The van der Waals surface area contributed by atoms with Crippen molar-refractivity contribution < 1.29 is 14.0 Å². The number of furan rings is 1. The quantitative estimate of drug-likeness (QED) is 0.865. The summed E-state index contributed by atoms with van der Waals surface area (Å²) < 4.78 is 5.35. The van der Waals surface area contributed by atoms with Crippen molar-refractivity contribution in [3.8, 4) is 0 Å². The molecule has 1 saturated heterocycles. The van der Waals surface area contributed by atoms with Gasteiger partial charge in [0.05, 0.1) is 5.92 Å². The first kappa shape index (κ1) is 17.5. The van der Waals surface area contributed by atoms with Crippen molar-refractivity contribution >= 4 is 24.2 Å². The maximum absolute atomic E-state index is 12.3. The summed E-state index contributed by atoms with van der Waals surface area (Å²) in [5.41, 5.74) is 5.37. The zero-order chi connectivity index (χ0) is 14.5. The van der Waals surface area contributed by atoms with Crippen LogP contribution < -0.4 is 11.1 Å². The van der Waals surface area contributed by atoms with Crippen molar-refractivity contribution in [3.05, 3.63) is 23.7 Å². The van der Waals surface area contributed by atoms with Crippen LogP contribution in [0.15, 0.2) is 16.5 Å². The van der Waals surface area contributed by atoms with Gasteiger partial charge in [-0.05, 0) is 31.9 Å². The first-order chi connectivity index (χ1) is 9.61. The van der Waals surface area contributed by atoms with E-state index in [1.54, 1.807) is 24.0 Å². The molecule has 0 radical (unpaired) electrons. The van der Waals surface area contributed by atoms with E-state index >= 15 is 0 Å². The number of hydrogen-bond donors (Lipinski definition) is 2. The molecular weight excluding hydrogens is 294 g/mol. The molecule has 2 heterocycles. The van der Waals surface area contributed by atoms with Gasteiger partial charge in [-0.15, -0.1) is 12.4 Å². The van der Waals surface area contributed by atoms with Crippen LogP contribution in [0.2, 0.25) is 0 Å². The van der Waals surface area contributed by atoms with Crippen LogP contribution in [0.4, 0.5) is 0 Å². The molecular formula is C14H22ClN3O3. The lowest BCUT2D eigenvalue weighted by Crippen LogP contribution is -2.46. The van der Waals surface area contributed by atoms with Gasteiger partial charge in [-0.3, -0.25) is 9.59 Å². The van der Waals surface area contributed by atoms with Crippen LogP contribution >= 0.6 is 12.4 Å². The molecule has 118 valence electrons. The largest absolute Gasteiger partial charge is 0.456 e. The van der Waals surface area contributed by atoms with E-state index in [9.17, 15) is 9.59 Å². The molecule has 3 N–H and O–H groups in total. The summed E-state index contributed by atoms with van der Waals surface area (Å²) in [5.74, 6) is 0.724. The summed E-state index contributed by atoms with van der Waals surface area (Å²) in [6, 6.07) is 3.44. The van der Waals surface area contributed by atoms with E-state index in [4.69, 9.17) is 10.2 Å². The Morgan fingerprint density at radius 2 is 2.24 bits per heavy atom. The first-order valence-electron chi connectivity index (χ1n) is 6.95. The van der Waals surface area contributed by atoms with E-state index in [1.165, 1.54) is 0 Å². The molecule has 0 saturated carbocycles. The SMILES string of the molecule is Cc1ccc(C(=O)N2CCCC(C(=O)NCCN)C2)o1.Cl. The third-order valence-corrected chi connectivity index (χ3v) is 3.47. The van der Waals surface area contributed by atoms with Crippen molar-refractivity contribution in [2.24, 2.45) is 11.7 Å². The monoisotopic (exact) mass is 315 g/mol. The van der Waals surface area contributed by atoms with Crippen molar-refractivity contribution in [2.75, 3.05) is 26.2 Å². The molecule has 1 aromatic rings. The van der Waals surface area contributed by atoms with Crippen LogP contribution in [0.3, 0.4) is 0 Å². The molecule has 1 aromatic heterocycles. The standard InChI is InChI=1S/C14H21N3O3.ClH/c1-10-4-5-12(20-10)14(19)17-8-2-3-11(9-17)13(18)16-7-6-15;/h4-5,11H,2-3,6-9,15H2,1H3,(H,16,18);1H. The van der Waals surface area contributed by atoms with Crippen LogP contribution in [0.25, 0.3) is 0 Å². The topological polar surface area (TPSA) is 88.6 Å². The average molecular weight is 316 g/mol. The number of rotatable bonds is 4. The van der Waals surface area contributed by atoms with Gasteiger partial charge in [0, 0.05) is 26.2 Å². The molecule has 0 spiro atoms. The highest BCUT2D eigenvalue weighted by atomic mass is 35.5. The number of piperidine rings is 1. The number of amides is 2. The molecule has 2 amide bonds. The van der Waals surface area contributed by atoms with E-state index in [0.717, 1.165) is 12.8 Å². The van der Waals surface area contributed by atoms with Crippen LogP contribution in [0.1, 0.15) is 29.2 Å².